The Morgan fingerprint density at radius 3 is 1.36 bits per heavy atom. The molecule has 0 aliphatic carbocycles. The lowest BCUT2D eigenvalue weighted by atomic mass is 10.0. The minimum Gasteiger partial charge on any atom is -0.376 e. The molecule has 1 rings (SSSR count). The number of rotatable bonds is 22. The first-order chi connectivity index (χ1) is 16.2. The van der Waals surface area contributed by atoms with Crippen molar-refractivity contribution in [1.29, 1.82) is 0 Å². The van der Waals surface area contributed by atoms with E-state index in [1.807, 2.05) is 33.2 Å². The molecule has 0 aliphatic rings. The first-order valence-corrected chi connectivity index (χ1v) is 15.4. The Morgan fingerprint density at radius 1 is 0.636 bits per heavy atom. The lowest BCUT2D eigenvalue weighted by molar-refractivity contribution is 0.107. The SMILES string of the molecule is CCCCCCCCCCCCCCCCCc1nccn1C.CCO[SiH](OCC)OCC. The van der Waals surface area contributed by atoms with Crippen LogP contribution in [0.4, 0.5) is 0 Å². The van der Waals surface area contributed by atoms with Crippen molar-refractivity contribution in [3.8, 4) is 0 Å². The molecule has 0 bridgehead atoms. The van der Waals surface area contributed by atoms with Crippen LogP contribution in [0.2, 0.25) is 0 Å². The molecule has 5 nitrogen and oxygen atoms in total. The zero-order valence-corrected chi connectivity index (χ0v) is 23.9. The lowest BCUT2D eigenvalue weighted by Crippen LogP contribution is -2.27. The molecule has 33 heavy (non-hydrogen) atoms. The van der Waals surface area contributed by atoms with Crippen LogP contribution in [0.15, 0.2) is 12.4 Å². The van der Waals surface area contributed by atoms with Gasteiger partial charge in [0, 0.05) is 45.7 Å². The molecule has 0 saturated carbocycles. The van der Waals surface area contributed by atoms with Crippen LogP contribution in [0.5, 0.6) is 0 Å². The van der Waals surface area contributed by atoms with Crippen LogP contribution in [-0.2, 0) is 26.7 Å². The van der Waals surface area contributed by atoms with E-state index in [0.717, 1.165) is 6.42 Å². The molecule has 1 aromatic heterocycles. The molecule has 0 aromatic carbocycles. The molecule has 0 atom stereocenters. The van der Waals surface area contributed by atoms with Gasteiger partial charge in [0.05, 0.1) is 0 Å². The monoisotopic (exact) mass is 484 g/mol. The zero-order chi connectivity index (χ0) is 24.4. The third kappa shape index (κ3) is 21.6. The highest BCUT2D eigenvalue weighted by Gasteiger charge is 2.11. The molecule has 0 unspecified atom stereocenters. The first kappa shape index (κ1) is 32.3. The minimum atomic E-state index is -1.73. The van der Waals surface area contributed by atoms with E-state index < -0.39 is 9.53 Å². The Hall–Kier alpha value is -0.693. The van der Waals surface area contributed by atoms with Gasteiger partial charge in [0.2, 0.25) is 0 Å². The Bertz CT molecular complexity index is 485. The molecule has 0 amide bonds. The summed E-state index contributed by atoms with van der Waals surface area (Å²) in [6.45, 7) is 10.2. The molecule has 6 heteroatoms. The number of aryl methyl sites for hydroxylation is 2. The van der Waals surface area contributed by atoms with E-state index in [0.29, 0.717) is 19.8 Å². The van der Waals surface area contributed by atoms with E-state index in [2.05, 4.69) is 23.5 Å². The van der Waals surface area contributed by atoms with Crippen molar-refractivity contribution in [2.45, 2.75) is 130 Å². The van der Waals surface area contributed by atoms with Gasteiger partial charge in [-0.2, -0.15) is 0 Å². The third-order valence-corrected chi connectivity index (χ3v) is 7.65. The highest BCUT2D eigenvalue weighted by molar-refractivity contribution is 6.36. The summed E-state index contributed by atoms with van der Waals surface area (Å²) in [5, 5.41) is 0. The van der Waals surface area contributed by atoms with E-state index in [9.17, 15) is 0 Å². The van der Waals surface area contributed by atoms with Gasteiger partial charge in [0.1, 0.15) is 5.82 Å². The standard InChI is InChI=1S/C21H40N2.C6H16O3Si/c1-3-4-5-6-7-8-9-10-11-12-13-14-15-16-17-18-21-22-19-20-23(21)2;1-4-7-10(8-5-2)9-6-3/h19-20H,3-18H2,1-2H3;10H,4-6H2,1-3H3. The predicted molar refractivity (Wildman–Crippen MR) is 144 cm³/mol. The van der Waals surface area contributed by atoms with E-state index in [1.165, 1.54) is 102 Å². The highest BCUT2D eigenvalue weighted by atomic mass is 28.3. The van der Waals surface area contributed by atoms with Gasteiger partial charge in [-0.25, -0.2) is 4.98 Å². The number of hydrogen-bond acceptors (Lipinski definition) is 4. The molecule has 1 heterocycles. The fourth-order valence-electron chi connectivity index (χ4n) is 3.84. The molecule has 196 valence electrons. The van der Waals surface area contributed by atoms with Gasteiger partial charge in [-0.15, -0.1) is 0 Å². The van der Waals surface area contributed by atoms with Gasteiger partial charge in [-0.3, -0.25) is 0 Å². The third-order valence-electron chi connectivity index (χ3n) is 5.83. The zero-order valence-electron chi connectivity index (χ0n) is 22.8. The summed E-state index contributed by atoms with van der Waals surface area (Å²) in [5.74, 6) is 1.24. The van der Waals surface area contributed by atoms with Crippen LogP contribution in [0, 0.1) is 0 Å². The van der Waals surface area contributed by atoms with Crippen molar-refractivity contribution >= 4 is 9.53 Å². The molecule has 0 saturated heterocycles. The maximum atomic E-state index is 5.22. The number of hydrogen-bond donors (Lipinski definition) is 0. The average Bonchev–Trinajstić information content (AvgIpc) is 3.22. The molecular weight excluding hydrogens is 428 g/mol. The second kappa shape index (κ2) is 25.9. The van der Waals surface area contributed by atoms with Gasteiger partial charge in [-0.05, 0) is 27.2 Å². The van der Waals surface area contributed by atoms with Gasteiger partial charge in [-0.1, -0.05) is 96.8 Å². The maximum absolute atomic E-state index is 5.22. The fourth-order valence-corrected chi connectivity index (χ4v) is 4.95. The molecule has 0 N–H and O–H groups in total. The minimum absolute atomic E-state index is 0.677. The van der Waals surface area contributed by atoms with Crippen LogP contribution >= 0.6 is 0 Å². The molecular formula is C27H56N2O3Si. The van der Waals surface area contributed by atoms with Crippen LogP contribution in [0.25, 0.3) is 0 Å². The van der Waals surface area contributed by atoms with E-state index >= 15 is 0 Å². The largest absolute Gasteiger partial charge is 0.484 e. The number of imidazole rings is 1. The van der Waals surface area contributed by atoms with E-state index in [1.54, 1.807) is 0 Å². The Balaban J connectivity index is 0.000000861. The number of aromatic nitrogens is 2. The summed E-state index contributed by atoms with van der Waals surface area (Å²) in [6.07, 6.45) is 26.5. The van der Waals surface area contributed by atoms with Gasteiger partial charge in [0.25, 0.3) is 0 Å². The van der Waals surface area contributed by atoms with Crippen molar-refractivity contribution < 1.29 is 13.3 Å². The molecule has 0 aliphatic heterocycles. The van der Waals surface area contributed by atoms with Gasteiger partial charge < -0.3 is 17.8 Å². The van der Waals surface area contributed by atoms with Crippen molar-refractivity contribution in [2.75, 3.05) is 19.8 Å². The Labute approximate surface area is 208 Å². The predicted octanol–water partition coefficient (Wildman–Crippen LogP) is 7.65. The smallest absolute Gasteiger partial charge is 0.376 e. The van der Waals surface area contributed by atoms with Gasteiger partial charge >= 0.3 is 9.53 Å². The van der Waals surface area contributed by atoms with Crippen molar-refractivity contribution in [2.24, 2.45) is 7.05 Å². The molecule has 1 aromatic rings. The Morgan fingerprint density at radius 2 is 1.03 bits per heavy atom. The van der Waals surface area contributed by atoms with Crippen LogP contribution in [0.1, 0.15) is 130 Å². The summed E-state index contributed by atoms with van der Waals surface area (Å²) < 4.78 is 17.8. The van der Waals surface area contributed by atoms with Crippen molar-refractivity contribution in [3.63, 3.8) is 0 Å². The normalized spacial score (nSPS) is 11.1. The molecule has 0 spiro atoms. The quantitative estimate of drug-likeness (QED) is 0.125. The lowest BCUT2D eigenvalue weighted by Gasteiger charge is -2.12. The van der Waals surface area contributed by atoms with Crippen molar-refractivity contribution in [1.82, 2.24) is 9.55 Å². The second-order valence-corrected chi connectivity index (χ2v) is 10.4. The fraction of sp³-hybridized carbons (Fsp3) is 0.889. The van der Waals surface area contributed by atoms with Gasteiger partial charge in [0.15, 0.2) is 0 Å². The maximum Gasteiger partial charge on any atom is 0.484 e. The topological polar surface area (TPSA) is 45.5 Å². The van der Waals surface area contributed by atoms with E-state index in [4.69, 9.17) is 13.3 Å². The Kier molecular flexibility index (Phi) is 25.4. The summed E-state index contributed by atoms with van der Waals surface area (Å²) in [5.41, 5.74) is 0. The summed E-state index contributed by atoms with van der Waals surface area (Å²) in [4.78, 5) is 4.38. The number of nitrogens with zero attached hydrogens (tertiary/aromatic N) is 2. The highest BCUT2D eigenvalue weighted by Crippen LogP contribution is 2.13. The average molecular weight is 485 g/mol. The summed E-state index contributed by atoms with van der Waals surface area (Å²) in [7, 11) is 0.357. The van der Waals surface area contributed by atoms with Crippen LogP contribution < -0.4 is 0 Å². The van der Waals surface area contributed by atoms with Crippen LogP contribution in [-0.4, -0.2) is 38.9 Å². The summed E-state index contributed by atoms with van der Waals surface area (Å²) in [6, 6.07) is 0. The van der Waals surface area contributed by atoms with E-state index in [-0.39, 0.29) is 0 Å². The number of unbranched alkanes of at least 4 members (excludes halogenated alkanes) is 14. The van der Waals surface area contributed by atoms with Crippen LogP contribution in [0.3, 0.4) is 0 Å². The summed E-state index contributed by atoms with van der Waals surface area (Å²) >= 11 is 0. The first-order valence-electron chi connectivity index (χ1n) is 14.0. The second-order valence-electron chi connectivity index (χ2n) is 8.81. The van der Waals surface area contributed by atoms with Crippen molar-refractivity contribution in [3.05, 3.63) is 18.2 Å². The molecule has 0 radical (unpaired) electrons. The molecule has 0 fully saturated rings.